The Bertz CT molecular complexity index is 350. The van der Waals surface area contributed by atoms with Crippen molar-refractivity contribution in [3.05, 3.63) is 24.3 Å². The third-order valence-corrected chi connectivity index (χ3v) is 2.58. The molecule has 1 aliphatic rings. The van der Waals surface area contributed by atoms with Gasteiger partial charge in [-0.05, 0) is 19.8 Å². The average molecular weight is 206 g/mol. The van der Waals surface area contributed by atoms with Gasteiger partial charge < -0.3 is 5.32 Å². The molecular weight excluding hydrogens is 192 g/mol. The van der Waals surface area contributed by atoms with Gasteiger partial charge in [-0.3, -0.25) is 9.89 Å². The molecule has 0 saturated carbocycles. The van der Waals surface area contributed by atoms with E-state index in [-0.39, 0.29) is 17.9 Å². The summed E-state index contributed by atoms with van der Waals surface area (Å²) in [7, 11) is 0. The molecule has 1 aliphatic carbocycles. The Kier molecular flexibility index (Phi) is 2.80. The first-order valence-corrected chi connectivity index (χ1v) is 5.08. The zero-order valence-electron chi connectivity index (χ0n) is 8.60. The molecule has 0 saturated heterocycles. The van der Waals surface area contributed by atoms with Crippen molar-refractivity contribution in [2.24, 2.45) is 5.92 Å². The standard InChI is InChI=1S/C10H14N4O/c1-7(9-11-6-12-14-9)13-10(15)8-4-2-3-5-8/h2-3,6-8H,4-5H2,1H3,(H,13,15)(H,11,12,14). The lowest BCUT2D eigenvalue weighted by Gasteiger charge is -2.14. The van der Waals surface area contributed by atoms with E-state index < -0.39 is 0 Å². The van der Waals surface area contributed by atoms with E-state index in [9.17, 15) is 4.79 Å². The van der Waals surface area contributed by atoms with Gasteiger partial charge in [0.15, 0.2) is 0 Å². The first-order chi connectivity index (χ1) is 7.27. The molecule has 1 aromatic rings. The summed E-state index contributed by atoms with van der Waals surface area (Å²) in [5.41, 5.74) is 0. The zero-order chi connectivity index (χ0) is 10.7. The first kappa shape index (κ1) is 9.89. The predicted molar refractivity (Wildman–Crippen MR) is 54.8 cm³/mol. The number of rotatable bonds is 3. The highest BCUT2D eigenvalue weighted by molar-refractivity contribution is 5.79. The minimum absolute atomic E-state index is 0.0869. The summed E-state index contributed by atoms with van der Waals surface area (Å²) >= 11 is 0. The molecule has 1 amide bonds. The van der Waals surface area contributed by atoms with Crippen molar-refractivity contribution in [2.75, 3.05) is 0 Å². The molecule has 2 N–H and O–H groups in total. The monoisotopic (exact) mass is 206 g/mol. The highest BCUT2D eigenvalue weighted by atomic mass is 16.1. The minimum Gasteiger partial charge on any atom is -0.346 e. The van der Waals surface area contributed by atoms with E-state index in [1.807, 2.05) is 19.1 Å². The number of aromatic amines is 1. The van der Waals surface area contributed by atoms with E-state index in [1.54, 1.807) is 0 Å². The number of nitrogens with zero attached hydrogens (tertiary/aromatic N) is 2. The molecule has 1 heterocycles. The minimum atomic E-state index is -0.111. The number of carbonyl (C=O) groups excluding carboxylic acids is 1. The van der Waals surface area contributed by atoms with Crippen LogP contribution in [0.5, 0.6) is 0 Å². The Morgan fingerprint density at radius 1 is 1.60 bits per heavy atom. The lowest BCUT2D eigenvalue weighted by molar-refractivity contribution is -0.125. The molecule has 0 spiro atoms. The van der Waals surface area contributed by atoms with Gasteiger partial charge >= 0.3 is 0 Å². The molecule has 2 rings (SSSR count). The Morgan fingerprint density at radius 2 is 2.33 bits per heavy atom. The lowest BCUT2D eigenvalue weighted by atomic mass is 10.1. The van der Waals surface area contributed by atoms with E-state index in [2.05, 4.69) is 20.5 Å². The van der Waals surface area contributed by atoms with E-state index in [0.29, 0.717) is 5.82 Å². The average Bonchev–Trinajstić information content (AvgIpc) is 2.91. The zero-order valence-corrected chi connectivity index (χ0v) is 8.60. The van der Waals surface area contributed by atoms with Crippen LogP contribution >= 0.6 is 0 Å². The van der Waals surface area contributed by atoms with Crippen molar-refractivity contribution in [1.29, 1.82) is 0 Å². The summed E-state index contributed by atoms with van der Waals surface area (Å²) in [5, 5.41) is 9.40. The van der Waals surface area contributed by atoms with Crippen LogP contribution in [-0.2, 0) is 4.79 Å². The molecule has 80 valence electrons. The van der Waals surface area contributed by atoms with Gasteiger partial charge in [0.25, 0.3) is 0 Å². The van der Waals surface area contributed by atoms with Gasteiger partial charge in [-0.1, -0.05) is 12.2 Å². The van der Waals surface area contributed by atoms with Crippen molar-refractivity contribution < 1.29 is 4.79 Å². The highest BCUT2D eigenvalue weighted by Gasteiger charge is 2.21. The molecule has 15 heavy (non-hydrogen) atoms. The van der Waals surface area contributed by atoms with Crippen LogP contribution in [0.3, 0.4) is 0 Å². The van der Waals surface area contributed by atoms with E-state index >= 15 is 0 Å². The van der Waals surface area contributed by atoms with Gasteiger partial charge in [0, 0.05) is 5.92 Å². The maximum Gasteiger partial charge on any atom is 0.224 e. The summed E-state index contributed by atoms with van der Waals surface area (Å²) in [6.07, 6.45) is 7.21. The van der Waals surface area contributed by atoms with Crippen LogP contribution < -0.4 is 5.32 Å². The van der Waals surface area contributed by atoms with Gasteiger partial charge in [0.05, 0.1) is 6.04 Å². The van der Waals surface area contributed by atoms with Gasteiger partial charge in [0.2, 0.25) is 5.91 Å². The molecule has 1 aromatic heterocycles. The Hall–Kier alpha value is -1.65. The van der Waals surface area contributed by atoms with Gasteiger partial charge in [-0.2, -0.15) is 5.10 Å². The number of carbonyl (C=O) groups is 1. The molecular formula is C10H14N4O. The van der Waals surface area contributed by atoms with Crippen molar-refractivity contribution in [3.8, 4) is 0 Å². The second-order valence-electron chi connectivity index (χ2n) is 3.74. The quantitative estimate of drug-likeness (QED) is 0.723. The molecule has 5 nitrogen and oxygen atoms in total. The topological polar surface area (TPSA) is 70.7 Å². The largest absolute Gasteiger partial charge is 0.346 e. The highest BCUT2D eigenvalue weighted by Crippen LogP contribution is 2.18. The first-order valence-electron chi connectivity index (χ1n) is 5.08. The molecule has 0 aliphatic heterocycles. The number of hydrogen-bond donors (Lipinski definition) is 2. The normalized spacial score (nSPS) is 17.9. The fraction of sp³-hybridized carbons (Fsp3) is 0.500. The Balaban J connectivity index is 1.89. The summed E-state index contributed by atoms with van der Waals surface area (Å²) in [6.45, 7) is 1.89. The van der Waals surface area contributed by atoms with Gasteiger partial charge in [-0.25, -0.2) is 4.98 Å². The van der Waals surface area contributed by atoms with E-state index in [4.69, 9.17) is 0 Å². The van der Waals surface area contributed by atoms with Crippen molar-refractivity contribution >= 4 is 5.91 Å². The van der Waals surface area contributed by atoms with Crippen molar-refractivity contribution in [1.82, 2.24) is 20.5 Å². The van der Waals surface area contributed by atoms with Gasteiger partial charge in [0.1, 0.15) is 12.2 Å². The molecule has 5 heteroatoms. The maximum atomic E-state index is 11.7. The summed E-state index contributed by atoms with van der Waals surface area (Å²) in [6, 6.07) is -0.111. The van der Waals surface area contributed by atoms with Crippen LogP contribution in [0.4, 0.5) is 0 Å². The number of allylic oxidation sites excluding steroid dienone is 2. The smallest absolute Gasteiger partial charge is 0.224 e. The number of hydrogen-bond acceptors (Lipinski definition) is 3. The number of H-pyrrole nitrogens is 1. The molecule has 1 unspecified atom stereocenters. The Morgan fingerprint density at radius 3 is 2.93 bits per heavy atom. The van der Waals surface area contributed by atoms with Crippen LogP contribution in [-0.4, -0.2) is 21.1 Å². The maximum absolute atomic E-state index is 11.7. The lowest BCUT2D eigenvalue weighted by Crippen LogP contribution is -2.32. The Labute approximate surface area is 88.0 Å². The van der Waals surface area contributed by atoms with Crippen molar-refractivity contribution in [3.63, 3.8) is 0 Å². The summed E-state index contributed by atoms with van der Waals surface area (Å²) < 4.78 is 0. The van der Waals surface area contributed by atoms with Crippen LogP contribution in [0.15, 0.2) is 18.5 Å². The van der Waals surface area contributed by atoms with Crippen molar-refractivity contribution in [2.45, 2.75) is 25.8 Å². The third kappa shape index (κ3) is 2.23. The fourth-order valence-corrected chi connectivity index (χ4v) is 1.65. The van der Waals surface area contributed by atoms with Crippen LogP contribution in [0, 0.1) is 5.92 Å². The summed E-state index contributed by atoms with van der Waals surface area (Å²) in [4.78, 5) is 15.7. The molecule has 1 atom stereocenters. The van der Waals surface area contributed by atoms with Gasteiger partial charge in [-0.15, -0.1) is 0 Å². The SMILES string of the molecule is CC(NC(=O)C1CC=CC1)c1ncn[nH]1. The van der Waals surface area contributed by atoms with Crippen LogP contribution in [0.1, 0.15) is 31.6 Å². The van der Waals surface area contributed by atoms with Crippen LogP contribution in [0.25, 0.3) is 0 Å². The third-order valence-electron chi connectivity index (χ3n) is 2.58. The predicted octanol–water partition coefficient (Wildman–Crippen LogP) is 0.948. The van der Waals surface area contributed by atoms with Crippen LogP contribution in [0.2, 0.25) is 0 Å². The molecule has 0 aromatic carbocycles. The molecule has 0 radical (unpaired) electrons. The number of aromatic nitrogens is 3. The van der Waals surface area contributed by atoms with E-state index in [1.165, 1.54) is 6.33 Å². The second-order valence-corrected chi connectivity index (χ2v) is 3.74. The number of amides is 1. The van der Waals surface area contributed by atoms with E-state index in [0.717, 1.165) is 12.8 Å². The second kappa shape index (κ2) is 4.25. The molecule has 0 fully saturated rings. The molecule has 0 bridgehead atoms. The number of nitrogens with one attached hydrogen (secondary N) is 2. The fourth-order valence-electron chi connectivity index (χ4n) is 1.65. The summed E-state index contributed by atoms with van der Waals surface area (Å²) in [5.74, 6) is 0.869.